The van der Waals surface area contributed by atoms with Crippen LogP contribution in [0.2, 0.25) is 0 Å². The fourth-order valence-corrected chi connectivity index (χ4v) is 0.676. The molecule has 46 valence electrons. The van der Waals surface area contributed by atoms with Crippen LogP contribution in [-0.4, -0.2) is 0 Å². The Labute approximate surface area is 55.9 Å². The van der Waals surface area contributed by atoms with Crippen molar-refractivity contribution in [2.75, 3.05) is 0 Å². The van der Waals surface area contributed by atoms with E-state index < -0.39 is 0 Å². The second-order valence-electron chi connectivity index (χ2n) is 1.93. The highest BCUT2D eigenvalue weighted by atomic mass is 35.5. The van der Waals surface area contributed by atoms with Crippen molar-refractivity contribution in [2.24, 2.45) is 5.92 Å². The zero-order valence-electron chi connectivity index (χ0n) is 5.15. The van der Waals surface area contributed by atoms with Crippen molar-refractivity contribution in [3.63, 3.8) is 0 Å². The van der Waals surface area contributed by atoms with Gasteiger partial charge in [-0.15, -0.1) is 6.58 Å². The third kappa shape index (κ3) is 3.94. The Morgan fingerprint density at radius 3 is 2.50 bits per heavy atom. The topological polar surface area (TPSA) is 0 Å². The molecule has 0 radical (unpaired) electrons. The fraction of sp³-hybridized carbons (Fsp3) is 0.429. The summed E-state index contributed by atoms with van der Waals surface area (Å²) in [4.78, 5) is 0. The van der Waals surface area contributed by atoms with Gasteiger partial charge in [-0.3, -0.25) is 0 Å². The molecule has 0 aromatic rings. The van der Waals surface area contributed by atoms with Gasteiger partial charge in [0.1, 0.15) is 0 Å². The molecule has 1 unspecified atom stereocenters. The molecule has 0 spiro atoms. The summed E-state index contributed by atoms with van der Waals surface area (Å²) in [6.07, 6.45) is 2.71. The van der Waals surface area contributed by atoms with E-state index in [0.717, 1.165) is 6.42 Å². The van der Waals surface area contributed by atoms with Crippen molar-refractivity contribution in [2.45, 2.75) is 13.3 Å². The van der Waals surface area contributed by atoms with E-state index in [1.54, 1.807) is 0 Å². The molecule has 0 saturated carbocycles. The van der Waals surface area contributed by atoms with Crippen molar-refractivity contribution in [1.82, 2.24) is 0 Å². The summed E-state index contributed by atoms with van der Waals surface area (Å²) in [6, 6.07) is 0. The Kier molecular flexibility index (Phi) is 3.63. The second kappa shape index (κ2) is 3.73. The quantitative estimate of drug-likeness (QED) is 0.516. The molecule has 0 aliphatic carbocycles. The number of allylic oxidation sites excluding steroid dienone is 2. The smallest absolute Gasteiger partial charge is 0.0115 e. The Morgan fingerprint density at radius 2 is 2.38 bits per heavy atom. The summed E-state index contributed by atoms with van der Waals surface area (Å²) in [5.41, 5.74) is 0. The first-order valence-electron chi connectivity index (χ1n) is 2.62. The van der Waals surface area contributed by atoms with Gasteiger partial charge in [0.05, 0.1) is 0 Å². The minimum atomic E-state index is 0.458. The van der Waals surface area contributed by atoms with Crippen molar-refractivity contribution in [3.05, 3.63) is 24.3 Å². The van der Waals surface area contributed by atoms with Gasteiger partial charge in [-0.2, -0.15) is 0 Å². The van der Waals surface area contributed by atoms with E-state index in [2.05, 4.69) is 20.1 Å². The SMILES string of the molecule is C=CC(C)CC(=C)Cl. The number of rotatable bonds is 3. The highest BCUT2D eigenvalue weighted by Crippen LogP contribution is 2.12. The molecule has 0 saturated heterocycles. The number of hydrogen-bond donors (Lipinski definition) is 0. The van der Waals surface area contributed by atoms with E-state index in [9.17, 15) is 0 Å². The normalized spacial score (nSPS) is 12.8. The molecule has 0 aliphatic heterocycles. The minimum Gasteiger partial charge on any atom is -0.103 e. The maximum atomic E-state index is 5.51. The fourth-order valence-electron chi connectivity index (χ4n) is 0.433. The lowest BCUT2D eigenvalue weighted by Crippen LogP contribution is -1.85. The van der Waals surface area contributed by atoms with Crippen LogP contribution in [0.5, 0.6) is 0 Å². The molecule has 0 bridgehead atoms. The Bertz CT molecular complexity index is 94.6. The average Bonchev–Trinajstić information content (AvgIpc) is 1.65. The monoisotopic (exact) mass is 130 g/mol. The van der Waals surface area contributed by atoms with Crippen molar-refractivity contribution < 1.29 is 0 Å². The molecule has 0 fully saturated rings. The summed E-state index contributed by atoms with van der Waals surface area (Å²) in [5, 5.41) is 0.706. The first-order chi connectivity index (χ1) is 3.66. The van der Waals surface area contributed by atoms with Gasteiger partial charge in [0.25, 0.3) is 0 Å². The van der Waals surface area contributed by atoms with E-state index in [-0.39, 0.29) is 0 Å². The summed E-state index contributed by atoms with van der Waals surface area (Å²) >= 11 is 5.51. The van der Waals surface area contributed by atoms with Gasteiger partial charge in [0.15, 0.2) is 0 Å². The van der Waals surface area contributed by atoms with E-state index in [0.29, 0.717) is 11.0 Å². The lowest BCUT2D eigenvalue weighted by Gasteiger charge is -2.00. The van der Waals surface area contributed by atoms with Gasteiger partial charge in [0, 0.05) is 5.03 Å². The van der Waals surface area contributed by atoms with Gasteiger partial charge >= 0.3 is 0 Å². The van der Waals surface area contributed by atoms with Gasteiger partial charge < -0.3 is 0 Å². The van der Waals surface area contributed by atoms with Crippen LogP contribution in [0.15, 0.2) is 24.3 Å². The molecule has 0 heterocycles. The maximum Gasteiger partial charge on any atom is 0.0115 e. The van der Waals surface area contributed by atoms with Gasteiger partial charge in [-0.05, 0) is 12.3 Å². The van der Waals surface area contributed by atoms with E-state index in [1.807, 2.05) is 6.08 Å². The van der Waals surface area contributed by atoms with Crippen LogP contribution in [0.4, 0.5) is 0 Å². The van der Waals surface area contributed by atoms with Crippen LogP contribution in [0, 0.1) is 5.92 Å². The lowest BCUT2D eigenvalue weighted by atomic mass is 10.1. The molecule has 0 aliphatic rings. The Morgan fingerprint density at radius 1 is 1.88 bits per heavy atom. The molecule has 0 amide bonds. The van der Waals surface area contributed by atoms with Crippen LogP contribution >= 0.6 is 11.6 Å². The molecule has 0 N–H and O–H groups in total. The zero-order chi connectivity index (χ0) is 6.57. The third-order valence-electron chi connectivity index (χ3n) is 0.946. The predicted molar refractivity (Wildman–Crippen MR) is 39.0 cm³/mol. The van der Waals surface area contributed by atoms with Gasteiger partial charge in [-0.25, -0.2) is 0 Å². The molecule has 8 heavy (non-hydrogen) atoms. The summed E-state index contributed by atoms with van der Waals surface area (Å²) < 4.78 is 0. The van der Waals surface area contributed by atoms with Crippen LogP contribution < -0.4 is 0 Å². The Balaban J connectivity index is 3.38. The van der Waals surface area contributed by atoms with Crippen LogP contribution in [0.3, 0.4) is 0 Å². The summed E-state index contributed by atoms with van der Waals surface area (Å²) in [7, 11) is 0. The lowest BCUT2D eigenvalue weighted by molar-refractivity contribution is 0.740. The van der Waals surface area contributed by atoms with Crippen LogP contribution in [0.1, 0.15) is 13.3 Å². The first-order valence-corrected chi connectivity index (χ1v) is 3.00. The molecule has 1 heteroatoms. The van der Waals surface area contributed by atoms with E-state index in [1.165, 1.54) is 0 Å². The molecule has 0 rings (SSSR count). The summed E-state index contributed by atoms with van der Waals surface area (Å²) in [5.74, 6) is 0.458. The van der Waals surface area contributed by atoms with Crippen molar-refractivity contribution >= 4 is 11.6 Å². The molecule has 1 atom stereocenters. The molecular formula is C7H11Cl. The number of halogens is 1. The average molecular weight is 131 g/mol. The highest BCUT2D eigenvalue weighted by Gasteiger charge is 1.94. The van der Waals surface area contributed by atoms with Gasteiger partial charge in [0.2, 0.25) is 0 Å². The molecule has 0 aromatic carbocycles. The van der Waals surface area contributed by atoms with E-state index in [4.69, 9.17) is 11.6 Å². The summed E-state index contributed by atoms with van der Waals surface area (Å²) in [6.45, 7) is 9.23. The minimum absolute atomic E-state index is 0.458. The van der Waals surface area contributed by atoms with Crippen LogP contribution in [0.25, 0.3) is 0 Å². The molecular weight excluding hydrogens is 120 g/mol. The second-order valence-corrected chi connectivity index (χ2v) is 2.47. The Hall–Kier alpha value is -0.230. The predicted octanol–water partition coefficient (Wildman–Crippen LogP) is 2.95. The zero-order valence-corrected chi connectivity index (χ0v) is 5.91. The standard InChI is InChI=1S/C7H11Cl/c1-4-6(2)5-7(3)8/h4,6H,1,3,5H2,2H3. The third-order valence-corrected chi connectivity index (χ3v) is 1.10. The highest BCUT2D eigenvalue weighted by molar-refractivity contribution is 6.29. The van der Waals surface area contributed by atoms with Gasteiger partial charge in [-0.1, -0.05) is 31.2 Å². The first kappa shape index (κ1) is 7.77. The van der Waals surface area contributed by atoms with Crippen molar-refractivity contribution in [1.29, 1.82) is 0 Å². The largest absolute Gasteiger partial charge is 0.103 e. The number of hydrogen-bond acceptors (Lipinski definition) is 0. The van der Waals surface area contributed by atoms with Crippen LogP contribution in [-0.2, 0) is 0 Å². The van der Waals surface area contributed by atoms with E-state index >= 15 is 0 Å². The molecule has 0 aromatic heterocycles. The maximum absolute atomic E-state index is 5.51. The van der Waals surface area contributed by atoms with Crippen molar-refractivity contribution in [3.8, 4) is 0 Å². The molecule has 0 nitrogen and oxygen atoms in total.